The molecule has 0 amide bonds. The molecule has 0 radical (unpaired) electrons. The number of aryl methyl sites for hydroxylation is 2. The summed E-state index contributed by atoms with van der Waals surface area (Å²) in [7, 11) is 0. The Balaban J connectivity index is 2.44. The van der Waals surface area contributed by atoms with Gasteiger partial charge in [0.05, 0.1) is 5.56 Å². The van der Waals surface area contributed by atoms with Gasteiger partial charge in [-0.2, -0.15) is 0 Å². The van der Waals surface area contributed by atoms with E-state index in [1.165, 1.54) is 12.1 Å². The Bertz CT molecular complexity index is 620. The van der Waals surface area contributed by atoms with E-state index < -0.39 is 5.82 Å². The van der Waals surface area contributed by atoms with Gasteiger partial charge in [-0.25, -0.2) is 4.39 Å². The van der Waals surface area contributed by atoms with Crippen LogP contribution in [0.2, 0.25) is 0 Å². The van der Waals surface area contributed by atoms with E-state index in [-0.39, 0.29) is 11.3 Å². The van der Waals surface area contributed by atoms with E-state index in [1.807, 2.05) is 6.92 Å². The van der Waals surface area contributed by atoms with Crippen molar-refractivity contribution < 1.29 is 9.18 Å². The maximum absolute atomic E-state index is 13.7. The smallest absolute Gasteiger partial charge is 0.195 e. The summed E-state index contributed by atoms with van der Waals surface area (Å²) in [4.78, 5) is 12.2. The van der Waals surface area contributed by atoms with E-state index in [0.29, 0.717) is 11.3 Å². The van der Waals surface area contributed by atoms with Gasteiger partial charge < -0.3 is 5.73 Å². The SMILES string of the molecule is Cc1ccc(C(=O)c2ccc(N)c(C)c2)c(F)c1. The van der Waals surface area contributed by atoms with Gasteiger partial charge in [0.1, 0.15) is 5.82 Å². The number of nitrogen functional groups attached to an aromatic ring is 1. The minimum atomic E-state index is -0.491. The van der Waals surface area contributed by atoms with Gasteiger partial charge in [0.15, 0.2) is 5.78 Å². The Morgan fingerprint density at radius 1 is 1.11 bits per heavy atom. The molecule has 0 aliphatic heterocycles. The molecular formula is C15H14FNO. The number of carbonyl (C=O) groups excluding carboxylic acids is 1. The van der Waals surface area contributed by atoms with Crippen LogP contribution in [0.1, 0.15) is 27.0 Å². The summed E-state index contributed by atoms with van der Waals surface area (Å²) in [5.41, 5.74) is 8.45. The average molecular weight is 243 g/mol. The van der Waals surface area contributed by atoms with Gasteiger partial charge in [-0.15, -0.1) is 0 Å². The number of rotatable bonds is 2. The monoisotopic (exact) mass is 243 g/mol. The van der Waals surface area contributed by atoms with Crippen LogP contribution >= 0.6 is 0 Å². The van der Waals surface area contributed by atoms with E-state index >= 15 is 0 Å². The fourth-order valence-electron chi connectivity index (χ4n) is 1.78. The van der Waals surface area contributed by atoms with Gasteiger partial charge >= 0.3 is 0 Å². The number of benzene rings is 2. The molecular weight excluding hydrogens is 229 g/mol. The normalized spacial score (nSPS) is 10.4. The zero-order valence-corrected chi connectivity index (χ0v) is 10.3. The van der Waals surface area contributed by atoms with E-state index in [1.54, 1.807) is 31.2 Å². The first-order chi connectivity index (χ1) is 8.49. The molecule has 92 valence electrons. The minimum Gasteiger partial charge on any atom is -0.399 e. The van der Waals surface area contributed by atoms with Crippen LogP contribution in [0, 0.1) is 19.7 Å². The second-order valence-electron chi connectivity index (χ2n) is 4.38. The fraction of sp³-hybridized carbons (Fsp3) is 0.133. The van der Waals surface area contributed by atoms with Crippen LogP contribution in [0.4, 0.5) is 10.1 Å². The van der Waals surface area contributed by atoms with Crippen LogP contribution in [0.25, 0.3) is 0 Å². The van der Waals surface area contributed by atoms with Crippen LogP contribution in [0.15, 0.2) is 36.4 Å². The van der Waals surface area contributed by atoms with Crippen LogP contribution in [-0.4, -0.2) is 5.78 Å². The molecule has 0 unspecified atom stereocenters. The second-order valence-corrected chi connectivity index (χ2v) is 4.38. The third-order valence-corrected chi connectivity index (χ3v) is 2.90. The maximum Gasteiger partial charge on any atom is 0.195 e. The van der Waals surface area contributed by atoms with Crippen LogP contribution in [-0.2, 0) is 0 Å². The first-order valence-corrected chi connectivity index (χ1v) is 5.66. The van der Waals surface area contributed by atoms with E-state index in [4.69, 9.17) is 5.73 Å². The summed E-state index contributed by atoms with van der Waals surface area (Å²) in [5, 5.41) is 0. The lowest BCUT2D eigenvalue weighted by molar-refractivity contribution is 0.103. The van der Waals surface area contributed by atoms with Gasteiger partial charge in [-0.1, -0.05) is 6.07 Å². The predicted molar refractivity (Wildman–Crippen MR) is 70.2 cm³/mol. The maximum atomic E-state index is 13.7. The molecule has 0 atom stereocenters. The number of hydrogen-bond donors (Lipinski definition) is 1. The molecule has 18 heavy (non-hydrogen) atoms. The summed E-state index contributed by atoms with van der Waals surface area (Å²) in [6, 6.07) is 9.55. The lowest BCUT2D eigenvalue weighted by Gasteiger charge is -2.06. The molecule has 2 N–H and O–H groups in total. The van der Waals surface area contributed by atoms with Gasteiger partial charge in [-0.05, 0) is 55.3 Å². The van der Waals surface area contributed by atoms with Crippen molar-refractivity contribution >= 4 is 11.5 Å². The van der Waals surface area contributed by atoms with Crippen molar-refractivity contribution in [2.75, 3.05) is 5.73 Å². The molecule has 0 saturated heterocycles. The van der Waals surface area contributed by atoms with E-state index in [0.717, 1.165) is 11.1 Å². The minimum absolute atomic E-state index is 0.0878. The standard InChI is InChI=1S/C15H14FNO/c1-9-3-5-12(13(16)7-9)15(18)11-4-6-14(17)10(2)8-11/h3-8H,17H2,1-2H3. The molecule has 0 bridgehead atoms. The average Bonchev–Trinajstić information content (AvgIpc) is 2.32. The Morgan fingerprint density at radius 3 is 2.44 bits per heavy atom. The molecule has 2 rings (SSSR count). The van der Waals surface area contributed by atoms with Crippen molar-refractivity contribution in [2.45, 2.75) is 13.8 Å². The zero-order chi connectivity index (χ0) is 13.3. The predicted octanol–water partition coefficient (Wildman–Crippen LogP) is 3.26. The lowest BCUT2D eigenvalue weighted by Crippen LogP contribution is -2.05. The van der Waals surface area contributed by atoms with Crippen molar-refractivity contribution in [3.8, 4) is 0 Å². The van der Waals surface area contributed by atoms with E-state index in [9.17, 15) is 9.18 Å². The van der Waals surface area contributed by atoms with E-state index in [2.05, 4.69) is 0 Å². The summed E-state index contributed by atoms with van der Waals surface area (Å²) in [6.07, 6.45) is 0. The first kappa shape index (κ1) is 12.3. The molecule has 0 aromatic heterocycles. The Kier molecular flexibility index (Phi) is 3.15. The summed E-state index contributed by atoms with van der Waals surface area (Å²) in [5.74, 6) is -0.815. The summed E-state index contributed by atoms with van der Waals surface area (Å²) < 4.78 is 13.7. The number of anilines is 1. The molecule has 3 heteroatoms. The number of carbonyl (C=O) groups is 1. The Morgan fingerprint density at radius 2 is 1.83 bits per heavy atom. The third-order valence-electron chi connectivity index (χ3n) is 2.90. The molecule has 2 aromatic carbocycles. The van der Waals surface area contributed by atoms with Crippen molar-refractivity contribution in [3.05, 3.63) is 64.5 Å². The number of ketones is 1. The molecule has 0 aliphatic carbocycles. The molecule has 0 fully saturated rings. The van der Waals surface area contributed by atoms with Gasteiger partial charge in [-0.3, -0.25) is 4.79 Å². The quantitative estimate of drug-likeness (QED) is 0.650. The first-order valence-electron chi connectivity index (χ1n) is 5.66. The van der Waals surface area contributed by atoms with Gasteiger partial charge in [0, 0.05) is 11.3 Å². The summed E-state index contributed by atoms with van der Waals surface area (Å²) >= 11 is 0. The molecule has 2 nitrogen and oxygen atoms in total. The highest BCUT2D eigenvalue weighted by atomic mass is 19.1. The van der Waals surface area contributed by atoms with Crippen molar-refractivity contribution in [2.24, 2.45) is 0 Å². The molecule has 0 aliphatic rings. The second kappa shape index (κ2) is 4.61. The lowest BCUT2D eigenvalue weighted by atomic mass is 9.99. The molecule has 0 heterocycles. The van der Waals surface area contributed by atoms with Crippen LogP contribution < -0.4 is 5.73 Å². The Labute approximate surface area is 105 Å². The highest BCUT2D eigenvalue weighted by Crippen LogP contribution is 2.18. The molecule has 2 aromatic rings. The Hall–Kier alpha value is -2.16. The summed E-state index contributed by atoms with van der Waals surface area (Å²) in [6.45, 7) is 3.60. The third kappa shape index (κ3) is 2.25. The number of nitrogens with two attached hydrogens (primary N) is 1. The van der Waals surface area contributed by atoms with Crippen molar-refractivity contribution in [1.82, 2.24) is 0 Å². The van der Waals surface area contributed by atoms with Gasteiger partial charge in [0.25, 0.3) is 0 Å². The van der Waals surface area contributed by atoms with Gasteiger partial charge in [0.2, 0.25) is 0 Å². The van der Waals surface area contributed by atoms with Crippen molar-refractivity contribution in [1.29, 1.82) is 0 Å². The molecule has 0 spiro atoms. The van der Waals surface area contributed by atoms with Crippen LogP contribution in [0.3, 0.4) is 0 Å². The highest BCUT2D eigenvalue weighted by molar-refractivity contribution is 6.09. The highest BCUT2D eigenvalue weighted by Gasteiger charge is 2.14. The number of halogens is 1. The number of hydrogen-bond acceptors (Lipinski definition) is 2. The van der Waals surface area contributed by atoms with Crippen molar-refractivity contribution in [3.63, 3.8) is 0 Å². The zero-order valence-electron chi connectivity index (χ0n) is 10.3. The largest absolute Gasteiger partial charge is 0.399 e. The fourth-order valence-corrected chi connectivity index (χ4v) is 1.78. The van der Waals surface area contributed by atoms with Crippen LogP contribution in [0.5, 0.6) is 0 Å². The molecule has 0 saturated carbocycles. The topological polar surface area (TPSA) is 43.1 Å².